The maximum absolute atomic E-state index is 13.3. The number of carbonyl (C=O) groups excluding carboxylic acids is 1. The third-order valence-electron chi connectivity index (χ3n) is 3.53. The lowest BCUT2D eigenvalue weighted by atomic mass is 10.0. The average Bonchev–Trinajstić information content (AvgIpc) is 2.81. The molecule has 1 aliphatic rings. The SMILES string of the molecule is NC(=O)c1c(-c2ccc(F)c(Cl)c2)nn2c1CCCC2. The summed E-state index contributed by atoms with van der Waals surface area (Å²) < 4.78 is 15.1. The number of aryl methyl sites for hydroxylation is 1. The number of benzene rings is 1. The second-order valence-electron chi connectivity index (χ2n) is 4.84. The van der Waals surface area contributed by atoms with E-state index in [0.29, 0.717) is 16.8 Å². The Morgan fingerprint density at radius 1 is 1.40 bits per heavy atom. The van der Waals surface area contributed by atoms with Crippen LogP contribution in [-0.2, 0) is 13.0 Å². The predicted molar refractivity (Wildman–Crippen MR) is 74.1 cm³/mol. The van der Waals surface area contributed by atoms with Gasteiger partial charge in [0.25, 0.3) is 5.91 Å². The van der Waals surface area contributed by atoms with Gasteiger partial charge in [0.1, 0.15) is 11.5 Å². The number of halogens is 2. The summed E-state index contributed by atoms with van der Waals surface area (Å²) >= 11 is 5.80. The number of primary amides is 1. The van der Waals surface area contributed by atoms with Gasteiger partial charge < -0.3 is 5.73 Å². The molecule has 1 aromatic carbocycles. The van der Waals surface area contributed by atoms with Gasteiger partial charge in [-0.1, -0.05) is 11.6 Å². The number of amides is 1. The highest BCUT2D eigenvalue weighted by molar-refractivity contribution is 6.31. The van der Waals surface area contributed by atoms with E-state index in [1.165, 1.54) is 12.1 Å². The quantitative estimate of drug-likeness (QED) is 0.925. The average molecular weight is 294 g/mol. The monoisotopic (exact) mass is 293 g/mol. The van der Waals surface area contributed by atoms with Gasteiger partial charge in [0.2, 0.25) is 0 Å². The molecule has 6 heteroatoms. The minimum absolute atomic E-state index is 0.00360. The first-order valence-corrected chi connectivity index (χ1v) is 6.80. The van der Waals surface area contributed by atoms with E-state index >= 15 is 0 Å². The largest absolute Gasteiger partial charge is 0.365 e. The highest BCUT2D eigenvalue weighted by Crippen LogP contribution is 2.30. The Kier molecular flexibility index (Phi) is 3.22. The van der Waals surface area contributed by atoms with Gasteiger partial charge in [-0.2, -0.15) is 5.10 Å². The molecule has 0 atom stereocenters. The molecule has 0 aliphatic carbocycles. The van der Waals surface area contributed by atoms with Crippen LogP contribution in [-0.4, -0.2) is 15.7 Å². The number of fused-ring (bicyclic) bond motifs is 1. The van der Waals surface area contributed by atoms with Crippen molar-refractivity contribution < 1.29 is 9.18 Å². The van der Waals surface area contributed by atoms with Crippen molar-refractivity contribution in [3.05, 3.63) is 40.3 Å². The van der Waals surface area contributed by atoms with Gasteiger partial charge in [-0.25, -0.2) is 4.39 Å². The molecule has 1 amide bonds. The van der Waals surface area contributed by atoms with Crippen molar-refractivity contribution >= 4 is 17.5 Å². The number of nitrogens with two attached hydrogens (primary N) is 1. The van der Waals surface area contributed by atoms with Crippen LogP contribution in [0, 0.1) is 5.82 Å². The predicted octanol–water partition coefficient (Wildman–Crippen LogP) is 2.78. The van der Waals surface area contributed by atoms with E-state index in [0.717, 1.165) is 31.5 Å². The summed E-state index contributed by atoms with van der Waals surface area (Å²) in [5, 5.41) is 4.45. The van der Waals surface area contributed by atoms with E-state index < -0.39 is 11.7 Å². The van der Waals surface area contributed by atoms with E-state index in [9.17, 15) is 9.18 Å². The Hall–Kier alpha value is -1.88. The van der Waals surface area contributed by atoms with Crippen LogP contribution in [0.25, 0.3) is 11.3 Å². The van der Waals surface area contributed by atoms with Crippen molar-refractivity contribution in [1.29, 1.82) is 0 Å². The second-order valence-corrected chi connectivity index (χ2v) is 5.25. The van der Waals surface area contributed by atoms with E-state index in [4.69, 9.17) is 17.3 Å². The summed E-state index contributed by atoms with van der Waals surface area (Å²) in [4.78, 5) is 11.7. The third kappa shape index (κ3) is 2.08. The van der Waals surface area contributed by atoms with Crippen LogP contribution < -0.4 is 5.73 Å². The standard InChI is InChI=1S/C14H13ClFN3O/c15-9-7-8(4-5-10(9)16)13-12(14(17)20)11-3-1-2-6-19(11)18-13/h4-5,7H,1-3,6H2,(H2,17,20). The van der Waals surface area contributed by atoms with Crippen LogP contribution >= 0.6 is 11.6 Å². The fourth-order valence-corrected chi connectivity index (χ4v) is 2.77. The minimum atomic E-state index is -0.511. The smallest absolute Gasteiger partial charge is 0.252 e. The first-order valence-electron chi connectivity index (χ1n) is 6.43. The van der Waals surface area contributed by atoms with E-state index in [2.05, 4.69) is 5.10 Å². The number of nitrogens with zero attached hydrogens (tertiary/aromatic N) is 2. The third-order valence-corrected chi connectivity index (χ3v) is 3.82. The molecule has 1 aromatic heterocycles. The molecule has 4 nitrogen and oxygen atoms in total. The summed E-state index contributed by atoms with van der Waals surface area (Å²) in [6.07, 6.45) is 2.81. The lowest BCUT2D eigenvalue weighted by Crippen LogP contribution is -2.17. The Balaban J connectivity index is 2.19. The molecule has 0 fully saturated rings. The number of aromatic nitrogens is 2. The Morgan fingerprint density at radius 2 is 2.20 bits per heavy atom. The molecule has 2 aromatic rings. The number of hydrogen-bond acceptors (Lipinski definition) is 2. The fourth-order valence-electron chi connectivity index (χ4n) is 2.59. The molecular weight excluding hydrogens is 281 g/mol. The molecule has 104 valence electrons. The van der Waals surface area contributed by atoms with Gasteiger partial charge in [-0.15, -0.1) is 0 Å². The van der Waals surface area contributed by atoms with Crippen LogP contribution in [0.5, 0.6) is 0 Å². The molecule has 20 heavy (non-hydrogen) atoms. The van der Waals surface area contributed by atoms with Crippen LogP contribution in [0.15, 0.2) is 18.2 Å². The molecule has 0 spiro atoms. The zero-order valence-electron chi connectivity index (χ0n) is 10.7. The highest BCUT2D eigenvalue weighted by Gasteiger charge is 2.24. The van der Waals surface area contributed by atoms with Crippen molar-refractivity contribution in [3.8, 4) is 11.3 Å². The Labute approximate surface area is 120 Å². The van der Waals surface area contributed by atoms with Crippen LogP contribution in [0.1, 0.15) is 28.9 Å². The van der Waals surface area contributed by atoms with E-state index in [1.54, 1.807) is 6.07 Å². The number of carbonyl (C=O) groups is 1. The molecule has 0 saturated carbocycles. The molecule has 0 unspecified atom stereocenters. The van der Waals surface area contributed by atoms with E-state index in [1.807, 2.05) is 4.68 Å². The van der Waals surface area contributed by atoms with Gasteiger partial charge in [-0.05, 0) is 37.5 Å². The van der Waals surface area contributed by atoms with Gasteiger partial charge in [-0.3, -0.25) is 9.48 Å². The molecule has 2 heterocycles. The Bertz CT molecular complexity index is 696. The molecule has 0 bridgehead atoms. The van der Waals surface area contributed by atoms with Gasteiger partial charge >= 0.3 is 0 Å². The first-order chi connectivity index (χ1) is 9.58. The fraction of sp³-hybridized carbons (Fsp3) is 0.286. The maximum Gasteiger partial charge on any atom is 0.252 e. The van der Waals surface area contributed by atoms with Crippen LogP contribution in [0.4, 0.5) is 4.39 Å². The van der Waals surface area contributed by atoms with Crippen molar-refractivity contribution in [2.75, 3.05) is 0 Å². The summed E-state index contributed by atoms with van der Waals surface area (Å²) in [5.41, 5.74) is 7.86. The zero-order valence-corrected chi connectivity index (χ0v) is 11.5. The first kappa shape index (κ1) is 13.1. The lowest BCUT2D eigenvalue weighted by molar-refractivity contribution is 0.0999. The van der Waals surface area contributed by atoms with Crippen molar-refractivity contribution in [2.45, 2.75) is 25.8 Å². The van der Waals surface area contributed by atoms with Crippen molar-refractivity contribution in [1.82, 2.24) is 9.78 Å². The van der Waals surface area contributed by atoms with Crippen LogP contribution in [0.3, 0.4) is 0 Å². The lowest BCUT2D eigenvalue weighted by Gasteiger charge is -2.13. The van der Waals surface area contributed by atoms with Crippen molar-refractivity contribution in [3.63, 3.8) is 0 Å². The zero-order chi connectivity index (χ0) is 14.3. The topological polar surface area (TPSA) is 60.9 Å². The molecule has 1 aliphatic heterocycles. The minimum Gasteiger partial charge on any atom is -0.365 e. The number of rotatable bonds is 2. The summed E-state index contributed by atoms with van der Waals surface area (Å²) in [6.45, 7) is 0.768. The molecule has 3 rings (SSSR count). The summed E-state index contributed by atoms with van der Waals surface area (Å²) in [6, 6.07) is 4.29. The molecule has 2 N–H and O–H groups in total. The summed E-state index contributed by atoms with van der Waals surface area (Å²) in [5.74, 6) is -1.01. The van der Waals surface area contributed by atoms with Gasteiger partial charge in [0.05, 0.1) is 16.3 Å². The van der Waals surface area contributed by atoms with Crippen LogP contribution in [0.2, 0.25) is 5.02 Å². The Morgan fingerprint density at radius 3 is 2.90 bits per heavy atom. The molecule has 0 saturated heterocycles. The van der Waals surface area contributed by atoms with Crippen molar-refractivity contribution in [2.24, 2.45) is 5.73 Å². The van der Waals surface area contributed by atoms with E-state index in [-0.39, 0.29) is 5.02 Å². The highest BCUT2D eigenvalue weighted by atomic mass is 35.5. The summed E-state index contributed by atoms with van der Waals surface area (Å²) in [7, 11) is 0. The maximum atomic E-state index is 13.3. The normalized spacial score (nSPS) is 14.1. The van der Waals surface area contributed by atoms with Gasteiger partial charge in [0.15, 0.2) is 0 Å². The molecular formula is C14H13ClFN3O. The van der Waals surface area contributed by atoms with Gasteiger partial charge in [0, 0.05) is 12.1 Å². The molecule has 0 radical (unpaired) electrons. The number of hydrogen-bond donors (Lipinski definition) is 1. The second kappa shape index (κ2) is 4.90.